The van der Waals surface area contributed by atoms with Crippen LogP contribution in [0.3, 0.4) is 0 Å². The van der Waals surface area contributed by atoms with Crippen LogP contribution in [-0.2, 0) is 14.3 Å². The van der Waals surface area contributed by atoms with Crippen molar-refractivity contribution < 1.29 is 14.3 Å². The van der Waals surface area contributed by atoms with Crippen LogP contribution >= 0.6 is 22.6 Å². The first-order valence-electron chi connectivity index (χ1n) is 6.09. The molecule has 0 N–H and O–H groups in total. The maximum Gasteiger partial charge on any atom is 0.311 e. The zero-order chi connectivity index (χ0) is 14.2. The van der Waals surface area contributed by atoms with Gasteiger partial charge in [-0.3, -0.25) is 9.59 Å². The molecule has 0 bridgehead atoms. The van der Waals surface area contributed by atoms with E-state index in [4.69, 9.17) is 4.74 Å². The number of nitrogens with zero attached hydrogens (tertiary/aromatic N) is 1. The number of carbonyl (C=O) groups is 2. The molecule has 0 saturated carbocycles. The molecule has 1 atom stereocenters. The molecule has 1 aromatic rings. The zero-order valence-electron chi connectivity index (χ0n) is 11.2. The maximum atomic E-state index is 12.0. The molecule has 1 amide bonds. The van der Waals surface area contributed by atoms with E-state index in [1.54, 1.807) is 4.90 Å². The van der Waals surface area contributed by atoms with Crippen molar-refractivity contribution in [2.45, 2.75) is 20.3 Å². The molecule has 5 heteroatoms. The number of esters is 1. The number of anilines is 1. The number of benzene rings is 1. The van der Waals surface area contributed by atoms with Gasteiger partial charge in [-0.05, 0) is 59.7 Å². The second kappa shape index (κ2) is 5.48. The second-order valence-electron chi connectivity index (χ2n) is 4.82. The molecule has 4 nitrogen and oxygen atoms in total. The molecule has 0 aliphatic carbocycles. The summed E-state index contributed by atoms with van der Waals surface area (Å²) in [5.41, 5.74) is 3.15. The number of aryl methyl sites for hydroxylation is 2. The monoisotopic (exact) mass is 373 g/mol. The van der Waals surface area contributed by atoms with Crippen molar-refractivity contribution >= 4 is 40.2 Å². The van der Waals surface area contributed by atoms with E-state index in [0.29, 0.717) is 6.54 Å². The van der Waals surface area contributed by atoms with Gasteiger partial charge in [-0.1, -0.05) is 0 Å². The second-order valence-corrected chi connectivity index (χ2v) is 5.90. The number of hydrogen-bond donors (Lipinski definition) is 0. The van der Waals surface area contributed by atoms with E-state index in [0.717, 1.165) is 16.8 Å². The molecular weight excluding hydrogens is 357 g/mol. The summed E-state index contributed by atoms with van der Waals surface area (Å²) in [7, 11) is 1.36. The van der Waals surface area contributed by atoms with Crippen LogP contribution in [0.4, 0.5) is 5.69 Å². The normalized spacial score (nSPS) is 18.8. The fourth-order valence-corrected chi connectivity index (χ4v) is 2.67. The van der Waals surface area contributed by atoms with E-state index < -0.39 is 0 Å². The third-order valence-corrected chi connectivity index (χ3v) is 5.09. The van der Waals surface area contributed by atoms with Crippen LogP contribution in [0.5, 0.6) is 0 Å². The molecule has 19 heavy (non-hydrogen) atoms. The number of halogens is 1. The average Bonchev–Trinajstić information content (AvgIpc) is 2.76. The summed E-state index contributed by atoms with van der Waals surface area (Å²) in [6.45, 7) is 4.46. The highest BCUT2D eigenvalue weighted by molar-refractivity contribution is 14.1. The SMILES string of the molecule is COC(=O)C1CC(=O)N(c2cc(C)c(I)c(C)c2)C1. The van der Waals surface area contributed by atoms with Crippen LogP contribution in [0.1, 0.15) is 17.5 Å². The fraction of sp³-hybridized carbons (Fsp3) is 0.429. The topological polar surface area (TPSA) is 46.6 Å². The number of carbonyl (C=O) groups excluding carboxylic acids is 2. The smallest absolute Gasteiger partial charge is 0.311 e. The predicted molar refractivity (Wildman–Crippen MR) is 81.1 cm³/mol. The Labute approximate surface area is 126 Å². The Hall–Kier alpha value is -1.11. The first kappa shape index (κ1) is 14.3. The van der Waals surface area contributed by atoms with Crippen molar-refractivity contribution in [1.29, 1.82) is 0 Å². The molecule has 0 aromatic heterocycles. The Balaban J connectivity index is 2.28. The lowest BCUT2D eigenvalue weighted by Crippen LogP contribution is -2.26. The van der Waals surface area contributed by atoms with Crippen molar-refractivity contribution in [3.05, 3.63) is 26.8 Å². The lowest BCUT2D eigenvalue weighted by molar-refractivity contribution is -0.145. The Morgan fingerprint density at radius 3 is 2.47 bits per heavy atom. The van der Waals surface area contributed by atoms with Gasteiger partial charge in [0.2, 0.25) is 5.91 Å². The molecule has 1 saturated heterocycles. The van der Waals surface area contributed by atoms with E-state index in [9.17, 15) is 9.59 Å². The number of rotatable bonds is 2. The Bertz CT molecular complexity index is 518. The number of methoxy groups -OCH3 is 1. The Morgan fingerprint density at radius 2 is 1.95 bits per heavy atom. The van der Waals surface area contributed by atoms with Crippen LogP contribution in [-0.4, -0.2) is 25.5 Å². The zero-order valence-corrected chi connectivity index (χ0v) is 13.4. The average molecular weight is 373 g/mol. The van der Waals surface area contributed by atoms with Gasteiger partial charge in [-0.25, -0.2) is 0 Å². The van der Waals surface area contributed by atoms with Gasteiger partial charge in [0, 0.05) is 22.2 Å². The van der Waals surface area contributed by atoms with Gasteiger partial charge in [-0.2, -0.15) is 0 Å². The van der Waals surface area contributed by atoms with Gasteiger partial charge in [0.05, 0.1) is 13.0 Å². The quantitative estimate of drug-likeness (QED) is 0.591. The minimum Gasteiger partial charge on any atom is -0.469 e. The number of ether oxygens (including phenoxy) is 1. The van der Waals surface area contributed by atoms with Gasteiger partial charge < -0.3 is 9.64 Å². The fourth-order valence-electron chi connectivity index (χ4n) is 2.36. The van der Waals surface area contributed by atoms with Crippen molar-refractivity contribution in [3.8, 4) is 0 Å². The largest absolute Gasteiger partial charge is 0.469 e. The lowest BCUT2D eigenvalue weighted by atomic mass is 10.1. The molecule has 2 rings (SSSR count). The van der Waals surface area contributed by atoms with Crippen LogP contribution in [0.25, 0.3) is 0 Å². The van der Waals surface area contributed by atoms with Crippen molar-refractivity contribution in [3.63, 3.8) is 0 Å². The molecule has 1 aromatic carbocycles. The van der Waals surface area contributed by atoms with Gasteiger partial charge in [0.15, 0.2) is 0 Å². The highest BCUT2D eigenvalue weighted by Crippen LogP contribution is 2.29. The molecular formula is C14H16INO3. The minimum absolute atomic E-state index is 0.0181. The molecule has 0 spiro atoms. The summed E-state index contributed by atoms with van der Waals surface area (Å²) in [4.78, 5) is 25.2. The van der Waals surface area contributed by atoms with Gasteiger partial charge in [0.25, 0.3) is 0 Å². The molecule has 1 heterocycles. The highest BCUT2D eigenvalue weighted by Gasteiger charge is 2.35. The summed E-state index contributed by atoms with van der Waals surface area (Å²) in [5.74, 6) is -0.678. The summed E-state index contributed by atoms with van der Waals surface area (Å²) >= 11 is 2.30. The molecule has 0 radical (unpaired) electrons. The van der Waals surface area contributed by atoms with Crippen LogP contribution in [0.15, 0.2) is 12.1 Å². The van der Waals surface area contributed by atoms with Crippen LogP contribution in [0, 0.1) is 23.3 Å². The van der Waals surface area contributed by atoms with Crippen LogP contribution in [0.2, 0.25) is 0 Å². The summed E-state index contributed by atoms with van der Waals surface area (Å²) in [5, 5.41) is 0. The third kappa shape index (κ3) is 2.75. The lowest BCUT2D eigenvalue weighted by Gasteiger charge is -2.18. The maximum absolute atomic E-state index is 12.0. The standard InChI is InChI=1S/C14H16INO3/c1-8-4-11(5-9(2)13(8)15)16-7-10(6-12(16)17)14(18)19-3/h4-5,10H,6-7H2,1-3H3. The van der Waals surface area contributed by atoms with Crippen molar-refractivity contribution in [1.82, 2.24) is 0 Å². The third-order valence-electron chi connectivity index (χ3n) is 3.39. The van der Waals surface area contributed by atoms with E-state index in [1.165, 1.54) is 10.7 Å². The first-order chi connectivity index (χ1) is 8.93. The van der Waals surface area contributed by atoms with E-state index in [-0.39, 0.29) is 24.2 Å². The highest BCUT2D eigenvalue weighted by atomic mass is 127. The van der Waals surface area contributed by atoms with Crippen LogP contribution < -0.4 is 4.90 Å². The number of amides is 1. The predicted octanol–water partition coefficient (Wildman–Crippen LogP) is 2.43. The Kier molecular flexibility index (Phi) is 4.13. The molecule has 1 aliphatic rings. The van der Waals surface area contributed by atoms with E-state index in [2.05, 4.69) is 22.6 Å². The van der Waals surface area contributed by atoms with Crippen molar-refractivity contribution in [2.24, 2.45) is 5.92 Å². The first-order valence-corrected chi connectivity index (χ1v) is 7.17. The van der Waals surface area contributed by atoms with Gasteiger partial charge >= 0.3 is 5.97 Å². The van der Waals surface area contributed by atoms with E-state index >= 15 is 0 Å². The summed E-state index contributed by atoms with van der Waals surface area (Å²) < 4.78 is 5.92. The minimum atomic E-state index is -0.350. The molecule has 1 unspecified atom stereocenters. The molecule has 1 aliphatic heterocycles. The number of hydrogen-bond acceptors (Lipinski definition) is 3. The van der Waals surface area contributed by atoms with Gasteiger partial charge in [-0.15, -0.1) is 0 Å². The van der Waals surface area contributed by atoms with Crippen molar-refractivity contribution in [2.75, 3.05) is 18.6 Å². The van der Waals surface area contributed by atoms with E-state index in [1.807, 2.05) is 26.0 Å². The summed E-state index contributed by atoms with van der Waals surface area (Å²) in [6, 6.07) is 3.98. The Morgan fingerprint density at radius 1 is 1.37 bits per heavy atom. The molecule has 1 fully saturated rings. The summed E-state index contributed by atoms with van der Waals surface area (Å²) in [6.07, 6.45) is 0.233. The molecule has 102 valence electrons. The van der Waals surface area contributed by atoms with Gasteiger partial charge in [0.1, 0.15) is 0 Å².